The summed E-state index contributed by atoms with van der Waals surface area (Å²) in [5.74, 6) is 1.07. The van der Waals surface area contributed by atoms with E-state index in [2.05, 4.69) is 15.5 Å². The zero-order valence-electron chi connectivity index (χ0n) is 14.0. The second-order valence-electron chi connectivity index (χ2n) is 5.66. The number of hydrogen-bond donors (Lipinski definition) is 2. The molecule has 2 N–H and O–H groups in total. The number of anilines is 1. The van der Waals surface area contributed by atoms with Crippen molar-refractivity contribution in [1.29, 1.82) is 0 Å². The van der Waals surface area contributed by atoms with E-state index in [-0.39, 0.29) is 12.3 Å². The lowest BCUT2D eigenvalue weighted by Crippen LogP contribution is -2.15. The van der Waals surface area contributed by atoms with Crippen LogP contribution in [0.25, 0.3) is 11.1 Å². The first-order valence-electron chi connectivity index (χ1n) is 7.80. The molecule has 0 radical (unpaired) electrons. The van der Waals surface area contributed by atoms with E-state index in [0.717, 1.165) is 28.1 Å². The van der Waals surface area contributed by atoms with Gasteiger partial charge in [0.2, 0.25) is 5.91 Å². The number of aromatic nitrogens is 2. The largest absolute Gasteiger partial charge is 0.497 e. The molecule has 0 bridgehead atoms. The van der Waals surface area contributed by atoms with Crippen LogP contribution >= 0.6 is 11.6 Å². The second-order valence-corrected chi connectivity index (χ2v) is 6.10. The standard InChI is InChI=1S/C19H18ClN3O2/c1-12-18(14-6-4-7-15(20)11-14)19(23-22-12)21-17(24)10-13-5-3-8-16(9-13)25-2/h3-9,11H,10H2,1-2H3,(H2,21,22,23,24). The van der Waals surface area contributed by atoms with Gasteiger partial charge in [0.05, 0.1) is 13.5 Å². The monoisotopic (exact) mass is 355 g/mol. The van der Waals surface area contributed by atoms with Crippen molar-refractivity contribution in [3.05, 3.63) is 64.8 Å². The van der Waals surface area contributed by atoms with Crippen LogP contribution in [0.2, 0.25) is 5.02 Å². The van der Waals surface area contributed by atoms with Gasteiger partial charge in [-0.1, -0.05) is 35.9 Å². The fourth-order valence-corrected chi connectivity index (χ4v) is 2.85. The molecule has 0 aliphatic heterocycles. The van der Waals surface area contributed by atoms with Crippen molar-refractivity contribution < 1.29 is 9.53 Å². The maximum absolute atomic E-state index is 12.4. The highest BCUT2D eigenvalue weighted by Gasteiger charge is 2.15. The molecule has 1 amide bonds. The third-order valence-electron chi connectivity index (χ3n) is 3.82. The molecule has 1 aromatic heterocycles. The van der Waals surface area contributed by atoms with Crippen molar-refractivity contribution in [3.8, 4) is 16.9 Å². The molecule has 1 heterocycles. The van der Waals surface area contributed by atoms with E-state index in [9.17, 15) is 4.79 Å². The third kappa shape index (κ3) is 4.00. The molecule has 0 unspecified atom stereocenters. The van der Waals surface area contributed by atoms with E-state index >= 15 is 0 Å². The Bertz CT molecular complexity index is 905. The third-order valence-corrected chi connectivity index (χ3v) is 4.05. The molecule has 0 saturated carbocycles. The van der Waals surface area contributed by atoms with Gasteiger partial charge in [0, 0.05) is 16.3 Å². The van der Waals surface area contributed by atoms with Crippen LogP contribution in [0.5, 0.6) is 5.75 Å². The summed E-state index contributed by atoms with van der Waals surface area (Å²) in [5.41, 5.74) is 3.46. The summed E-state index contributed by atoms with van der Waals surface area (Å²) < 4.78 is 5.18. The Balaban J connectivity index is 1.80. The molecule has 0 atom stereocenters. The van der Waals surface area contributed by atoms with Crippen molar-refractivity contribution in [2.45, 2.75) is 13.3 Å². The highest BCUT2D eigenvalue weighted by molar-refractivity contribution is 6.30. The average molecular weight is 356 g/mol. The molecule has 0 aliphatic rings. The van der Waals surface area contributed by atoms with Crippen molar-refractivity contribution in [1.82, 2.24) is 10.2 Å². The molecular weight excluding hydrogens is 338 g/mol. The molecular formula is C19H18ClN3O2. The summed E-state index contributed by atoms with van der Waals surface area (Å²) >= 11 is 6.08. The Morgan fingerprint density at radius 2 is 2.04 bits per heavy atom. The number of carbonyl (C=O) groups is 1. The summed E-state index contributed by atoms with van der Waals surface area (Å²) in [7, 11) is 1.60. The molecule has 6 heteroatoms. The van der Waals surface area contributed by atoms with Gasteiger partial charge in [-0.3, -0.25) is 9.89 Å². The average Bonchev–Trinajstić information content (AvgIpc) is 2.95. The van der Waals surface area contributed by atoms with Crippen LogP contribution in [0.3, 0.4) is 0 Å². The maximum atomic E-state index is 12.4. The molecule has 0 fully saturated rings. The number of benzene rings is 2. The number of ether oxygens (including phenoxy) is 1. The van der Waals surface area contributed by atoms with Gasteiger partial charge in [0.25, 0.3) is 0 Å². The maximum Gasteiger partial charge on any atom is 0.230 e. The molecule has 0 aliphatic carbocycles. The summed E-state index contributed by atoms with van der Waals surface area (Å²) in [4.78, 5) is 12.4. The molecule has 3 aromatic rings. The van der Waals surface area contributed by atoms with Crippen LogP contribution in [0.4, 0.5) is 5.82 Å². The van der Waals surface area contributed by atoms with Gasteiger partial charge in [-0.05, 0) is 42.3 Å². The lowest BCUT2D eigenvalue weighted by atomic mass is 10.1. The number of carbonyl (C=O) groups excluding carboxylic acids is 1. The van der Waals surface area contributed by atoms with Crippen molar-refractivity contribution >= 4 is 23.3 Å². The highest BCUT2D eigenvalue weighted by Crippen LogP contribution is 2.31. The fourth-order valence-electron chi connectivity index (χ4n) is 2.66. The number of amides is 1. The number of halogens is 1. The van der Waals surface area contributed by atoms with Crippen molar-refractivity contribution in [2.75, 3.05) is 12.4 Å². The molecule has 5 nitrogen and oxygen atoms in total. The van der Waals surface area contributed by atoms with Crippen LogP contribution in [0.1, 0.15) is 11.3 Å². The Morgan fingerprint density at radius 1 is 1.24 bits per heavy atom. The summed E-state index contributed by atoms with van der Waals surface area (Å²) in [5, 5.41) is 10.6. The number of rotatable bonds is 5. The Labute approximate surface area is 151 Å². The van der Waals surface area contributed by atoms with Gasteiger partial charge in [0.15, 0.2) is 5.82 Å². The van der Waals surface area contributed by atoms with Crippen molar-refractivity contribution in [3.63, 3.8) is 0 Å². The number of methoxy groups -OCH3 is 1. The molecule has 25 heavy (non-hydrogen) atoms. The number of H-pyrrole nitrogens is 1. The first kappa shape index (κ1) is 17.0. The number of aryl methyl sites for hydroxylation is 1. The topological polar surface area (TPSA) is 67.0 Å². The first-order valence-corrected chi connectivity index (χ1v) is 8.18. The zero-order chi connectivity index (χ0) is 17.8. The molecule has 0 spiro atoms. The van der Waals surface area contributed by atoms with Crippen molar-refractivity contribution in [2.24, 2.45) is 0 Å². The summed E-state index contributed by atoms with van der Waals surface area (Å²) in [6.45, 7) is 1.90. The van der Waals surface area contributed by atoms with Gasteiger partial charge >= 0.3 is 0 Å². The van der Waals surface area contributed by atoms with Crippen LogP contribution in [-0.4, -0.2) is 23.2 Å². The second kappa shape index (κ2) is 7.40. The fraction of sp³-hybridized carbons (Fsp3) is 0.158. The van der Waals surface area contributed by atoms with Gasteiger partial charge in [-0.25, -0.2) is 0 Å². The first-order chi connectivity index (χ1) is 12.1. The normalized spacial score (nSPS) is 10.5. The number of hydrogen-bond acceptors (Lipinski definition) is 3. The minimum atomic E-state index is -0.150. The van der Waals surface area contributed by atoms with E-state index in [4.69, 9.17) is 16.3 Å². The van der Waals surface area contributed by atoms with Crippen LogP contribution in [0.15, 0.2) is 48.5 Å². The molecule has 128 valence electrons. The van der Waals surface area contributed by atoms with E-state index < -0.39 is 0 Å². The minimum Gasteiger partial charge on any atom is -0.497 e. The van der Waals surface area contributed by atoms with E-state index in [1.807, 2.05) is 55.5 Å². The van der Waals surface area contributed by atoms with Crippen LogP contribution in [0, 0.1) is 6.92 Å². The van der Waals surface area contributed by atoms with E-state index in [0.29, 0.717) is 10.8 Å². The number of nitrogens with one attached hydrogen (secondary N) is 2. The Morgan fingerprint density at radius 3 is 2.80 bits per heavy atom. The van der Waals surface area contributed by atoms with Gasteiger partial charge in [0.1, 0.15) is 5.75 Å². The lowest BCUT2D eigenvalue weighted by Gasteiger charge is -2.08. The lowest BCUT2D eigenvalue weighted by molar-refractivity contribution is -0.115. The number of aromatic amines is 1. The Hall–Kier alpha value is -2.79. The van der Waals surface area contributed by atoms with Crippen LogP contribution < -0.4 is 10.1 Å². The summed E-state index contributed by atoms with van der Waals surface area (Å²) in [6, 6.07) is 14.9. The Kier molecular flexibility index (Phi) is 5.05. The van der Waals surface area contributed by atoms with Gasteiger partial charge in [-0.2, -0.15) is 5.10 Å². The highest BCUT2D eigenvalue weighted by atomic mass is 35.5. The predicted octanol–water partition coefficient (Wildman–Crippen LogP) is 4.23. The zero-order valence-corrected chi connectivity index (χ0v) is 14.7. The molecule has 0 saturated heterocycles. The smallest absolute Gasteiger partial charge is 0.230 e. The van der Waals surface area contributed by atoms with Crippen LogP contribution in [-0.2, 0) is 11.2 Å². The van der Waals surface area contributed by atoms with E-state index in [1.165, 1.54) is 0 Å². The molecule has 2 aromatic carbocycles. The van der Waals surface area contributed by atoms with Gasteiger partial charge < -0.3 is 10.1 Å². The quantitative estimate of drug-likeness (QED) is 0.719. The van der Waals surface area contributed by atoms with Gasteiger partial charge in [-0.15, -0.1) is 0 Å². The number of nitrogens with zero attached hydrogens (tertiary/aromatic N) is 1. The SMILES string of the molecule is COc1cccc(CC(=O)Nc2n[nH]c(C)c2-c2cccc(Cl)c2)c1. The minimum absolute atomic E-state index is 0.150. The predicted molar refractivity (Wildman–Crippen MR) is 99.1 cm³/mol. The molecule has 3 rings (SSSR count). The summed E-state index contributed by atoms with van der Waals surface area (Å²) in [6.07, 6.45) is 0.234. The van der Waals surface area contributed by atoms with E-state index in [1.54, 1.807) is 7.11 Å².